The van der Waals surface area contributed by atoms with Gasteiger partial charge in [-0.1, -0.05) is 0 Å². The molecule has 1 aliphatic rings. The third kappa shape index (κ3) is 2.22. The minimum Gasteiger partial charge on any atom is -0.481 e. The molecule has 0 saturated heterocycles. The molecular formula is C7H10O4. The Kier molecular flexibility index (Phi) is 2.12. The van der Waals surface area contributed by atoms with Gasteiger partial charge in [-0.05, 0) is 6.42 Å². The van der Waals surface area contributed by atoms with E-state index < -0.39 is 5.97 Å². The van der Waals surface area contributed by atoms with E-state index in [9.17, 15) is 9.59 Å². The summed E-state index contributed by atoms with van der Waals surface area (Å²) in [5.74, 6) is -1.37. The summed E-state index contributed by atoms with van der Waals surface area (Å²) in [4.78, 5) is 20.6. The zero-order valence-electron chi connectivity index (χ0n) is 6.24. The lowest BCUT2D eigenvalue weighted by atomic mass is 10.3. The molecule has 62 valence electrons. The van der Waals surface area contributed by atoms with Gasteiger partial charge in [-0.25, -0.2) is 0 Å². The van der Waals surface area contributed by atoms with Crippen molar-refractivity contribution in [2.75, 3.05) is 6.61 Å². The number of carbonyl (C=O) groups is 2. The van der Waals surface area contributed by atoms with Crippen LogP contribution in [0.1, 0.15) is 13.3 Å². The van der Waals surface area contributed by atoms with Crippen LogP contribution in [0.25, 0.3) is 0 Å². The van der Waals surface area contributed by atoms with E-state index in [1.54, 1.807) is 0 Å². The Morgan fingerprint density at radius 1 is 1.64 bits per heavy atom. The zero-order chi connectivity index (χ0) is 8.43. The molecule has 0 aromatic rings. The molecule has 0 bridgehead atoms. The first kappa shape index (κ1) is 8.04. The van der Waals surface area contributed by atoms with Crippen LogP contribution in [-0.2, 0) is 14.3 Å². The first-order chi connectivity index (χ1) is 5.11. The third-order valence-corrected chi connectivity index (χ3v) is 1.74. The van der Waals surface area contributed by atoms with E-state index in [0.717, 1.165) is 0 Å². The predicted octanol–water partition coefficient (Wildman–Crippen LogP) is 0.270. The Morgan fingerprint density at radius 3 is 2.64 bits per heavy atom. The van der Waals surface area contributed by atoms with Crippen molar-refractivity contribution in [2.45, 2.75) is 13.3 Å². The van der Waals surface area contributed by atoms with Gasteiger partial charge in [-0.3, -0.25) is 9.59 Å². The van der Waals surface area contributed by atoms with Gasteiger partial charge in [0.25, 0.3) is 0 Å². The summed E-state index contributed by atoms with van der Waals surface area (Å²) in [5, 5.41) is 8.45. The monoisotopic (exact) mass is 158 g/mol. The fraction of sp³-hybridized carbons (Fsp3) is 0.714. The standard InChI is InChI=1S/C7H10O4/c1-4(8)11-3-5-2-6(5)7(9)10/h5-6H,2-3H2,1H3,(H,9,10). The number of esters is 1. The van der Waals surface area contributed by atoms with Crippen molar-refractivity contribution in [1.82, 2.24) is 0 Å². The molecule has 1 fully saturated rings. The lowest BCUT2D eigenvalue weighted by Crippen LogP contribution is -2.06. The topological polar surface area (TPSA) is 63.6 Å². The van der Waals surface area contributed by atoms with E-state index in [1.165, 1.54) is 6.92 Å². The number of carboxylic acids is 1. The first-order valence-corrected chi connectivity index (χ1v) is 3.47. The summed E-state index contributed by atoms with van der Waals surface area (Å²) in [6.07, 6.45) is 0.641. The Balaban J connectivity index is 2.14. The molecule has 1 rings (SSSR count). The number of rotatable bonds is 3. The van der Waals surface area contributed by atoms with E-state index in [2.05, 4.69) is 4.74 Å². The second-order valence-electron chi connectivity index (χ2n) is 2.74. The summed E-state index contributed by atoms with van der Waals surface area (Å²) in [7, 11) is 0. The molecule has 0 aliphatic heterocycles. The lowest BCUT2D eigenvalue weighted by Gasteiger charge is -1.97. The molecule has 0 amide bonds. The van der Waals surface area contributed by atoms with Crippen molar-refractivity contribution < 1.29 is 19.4 Å². The van der Waals surface area contributed by atoms with Crippen molar-refractivity contribution in [3.63, 3.8) is 0 Å². The average molecular weight is 158 g/mol. The molecule has 1 aliphatic carbocycles. The molecule has 4 heteroatoms. The highest BCUT2D eigenvalue weighted by molar-refractivity contribution is 5.73. The molecule has 11 heavy (non-hydrogen) atoms. The van der Waals surface area contributed by atoms with Crippen LogP contribution in [0.4, 0.5) is 0 Å². The molecule has 1 saturated carbocycles. The van der Waals surface area contributed by atoms with Crippen molar-refractivity contribution in [3.8, 4) is 0 Å². The minimum absolute atomic E-state index is 0.0522. The van der Waals surface area contributed by atoms with Gasteiger partial charge in [0, 0.05) is 12.8 Å². The van der Waals surface area contributed by atoms with Gasteiger partial charge in [-0.2, -0.15) is 0 Å². The zero-order valence-corrected chi connectivity index (χ0v) is 6.24. The van der Waals surface area contributed by atoms with E-state index in [4.69, 9.17) is 5.11 Å². The van der Waals surface area contributed by atoms with Crippen LogP contribution in [0.5, 0.6) is 0 Å². The maximum atomic E-state index is 10.3. The van der Waals surface area contributed by atoms with Crippen molar-refractivity contribution in [1.29, 1.82) is 0 Å². The van der Waals surface area contributed by atoms with Crippen molar-refractivity contribution >= 4 is 11.9 Å². The van der Waals surface area contributed by atoms with Crippen LogP contribution in [0, 0.1) is 11.8 Å². The maximum Gasteiger partial charge on any atom is 0.306 e. The first-order valence-electron chi connectivity index (χ1n) is 3.47. The summed E-state index contributed by atoms with van der Waals surface area (Å²) in [6, 6.07) is 0. The van der Waals surface area contributed by atoms with E-state index in [0.29, 0.717) is 6.42 Å². The minimum atomic E-state index is -0.790. The van der Waals surface area contributed by atoms with E-state index in [-0.39, 0.29) is 24.4 Å². The molecule has 1 N–H and O–H groups in total. The summed E-state index contributed by atoms with van der Waals surface area (Å²) in [6.45, 7) is 1.57. The van der Waals surface area contributed by atoms with Crippen LogP contribution in [0.3, 0.4) is 0 Å². The SMILES string of the molecule is CC(=O)OCC1CC1C(=O)O. The number of hydrogen-bond donors (Lipinski definition) is 1. The molecule has 2 unspecified atom stereocenters. The largest absolute Gasteiger partial charge is 0.481 e. The molecule has 0 radical (unpaired) electrons. The van der Waals surface area contributed by atoms with Gasteiger partial charge >= 0.3 is 11.9 Å². The molecule has 0 aromatic carbocycles. The quantitative estimate of drug-likeness (QED) is 0.599. The van der Waals surface area contributed by atoms with Crippen LogP contribution in [-0.4, -0.2) is 23.7 Å². The van der Waals surface area contributed by atoms with Crippen molar-refractivity contribution in [2.24, 2.45) is 11.8 Å². The number of ether oxygens (including phenoxy) is 1. The van der Waals surface area contributed by atoms with Gasteiger partial charge in [0.05, 0.1) is 12.5 Å². The van der Waals surface area contributed by atoms with Crippen LogP contribution in [0.2, 0.25) is 0 Å². The molecular weight excluding hydrogens is 148 g/mol. The second kappa shape index (κ2) is 2.90. The van der Waals surface area contributed by atoms with Gasteiger partial charge < -0.3 is 9.84 Å². The number of carbonyl (C=O) groups excluding carboxylic acids is 1. The highest BCUT2D eigenvalue weighted by Gasteiger charge is 2.43. The molecule has 0 heterocycles. The number of aliphatic carboxylic acids is 1. The summed E-state index contributed by atoms with van der Waals surface area (Å²) < 4.78 is 4.64. The number of carboxylic acid groups (broad SMARTS) is 1. The van der Waals surface area contributed by atoms with Crippen LogP contribution in [0.15, 0.2) is 0 Å². The van der Waals surface area contributed by atoms with Gasteiger partial charge in [0.2, 0.25) is 0 Å². The Morgan fingerprint density at radius 2 is 2.27 bits per heavy atom. The maximum absolute atomic E-state index is 10.3. The molecule has 0 aromatic heterocycles. The second-order valence-corrected chi connectivity index (χ2v) is 2.74. The van der Waals surface area contributed by atoms with Crippen molar-refractivity contribution in [3.05, 3.63) is 0 Å². The molecule has 4 nitrogen and oxygen atoms in total. The fourth-order valence-corrected chi connectivity index (χ4v) is 0.959. The normalized spacial score (nSPS) is 27.7. The average Bonchev–Trinajstić information content (AvgIpc) is 2.61. The summed E-state index contributed by atoms with van der Waals surface area (Å²) in [5.41, 5.74) is 0. The predicted molar refractivity (Wildman–Crippen MR) is 35.9 cm³/mol. The van der Waals surface area contributed by atoms with E-state index >= 15 is 0 Å². The Labute approximate surface area is 64.2 Å². The third-order valence-electron chi connectivity index (χ3n) is 1.74. The molecule has 0 spiro atoms. The number of hydrogen-bond acceptors (Lipinski definition) is 3. The van der Waals surface area contributed by atoms with Gasteiger partial charge in [-0.15, -0.1) is 0 Å². The van der Waals surface area contributed by atoms with E-state index in [1.807, 2.05) is 0 Å². The summed E-state index contributed by atoms with van der Waals surface area (Å²) >= 11 is 0. The van der Waals surface area contributed by atoms with Gasteiger partial charge in [0.1, 0.15) is 0 Å². The van der Waals surface area contributed by atoms with Crippen LogP contribution >= 0.6 is 0 Å². The van der Waals surface area contributed by atoms with Crippen LogP contribution < -0.4 is 0 Å². The lowest BCUT2D eigenvalue weighted by molar-refractivity contribution is -0.143. The highest BCUT2D eigenvalue weighted by atomic mass is 16.5. The highest BCUT2D eigenvalue weighted by Crippen LogP contribution is 2.38. The van der Waals surface area contributed by atoms with Gasteiger partial charge in [0.15, 0.2) is 0 Å². The Hall–Kier alpha value is -1.06. The Bertz CT molecular complexity index is 187. The fourth-order valence-electron chi connectivity index (χ4n) is 0.959. The molecule has 2 atom stereocenters. The smallest absolute Gasteiger partial charge is 0.306 e.